The fourth-order valence-corrected chi connectivity index (χ4v) is 3.00. The molecule has 2 N–H and O–H groups in total. The number of nitriles is 1. The summed E-state index contributed by atoms with van der Waals surface area (Å²) < 4.78 is 0. The molecule has 3 nitrogen and oxygen atoms in total. The minimum absolute atomic E-state index is 0.385. The van der Waals surface area contributed by atoms with Crippen LogP contribution >= 0.6 is 0 Å². The van der Waals surface area contributed by atoms with Crippen LogP contribution in [0.5, 0.6) is 0 Å². The smallest absolute Gasteiger partial charge is 0.107 e. The number of hydrogen-bond acceptors (Lipinski definition) is 3. The molecule has 0 aromatic carbocycles. The molecule has 104 valence electrons. The van der Waals surface area contributed by atoms with Gasteiger partial charge in [0.2, 0.25) is 0 Å². The second-order valence-electron chi connectivity index (χ2n) is 6.51. The molecule has 0 saturated heterocycles. The van der Waals surface area contributed by atoms with E-state index < -0.39 is 5.54 Å². The van der Waals surface area contributed by atoms with E-state index in [2.05, 4.69) is 38.7 Å². The second-order valence-corrected chi connectivity index (χ2v) is 6.51. The first kappa shape index (κ1) is 15.5. The lowest BCUT2D eigenvalue weighted by Gasteiger charge is -2.31. The van der Waals surface area contributed by atoms with Gasteiger partial charge in [-0.1, -0.05) is 20.3 Å². The lowest BCUT2D eigenvalue weighted by molar-refractivity contribution is 0.177. The van der Waals surface area contributed by atoms with Crippen molar-refractivity contribution in [3.05, 3.63) is 0 Å². The Balaban J connectivity index is 2.50. The Morgan fingerprint density at radius 2 is 2.06 bits per heavy atom. The van der Waals surface area contributed by atoms with Gasteiger partial charge in [0.15, 0.2) is 0 Å². The summed E-state index contributed by atoms with van der Waals surface area (Å²) in [5.74, 6) is 1.07. The first-order chi connectivity index (χ1) is 8.39. The Kier molecular flexibility index (Phi) is 5.62. The summed E-state index contributed by atoms with van der Waals surface area (Å²) in [7, 11) is 0. The molecule has 1 aliphatic carbocycles. The van der Waals surface area contributed by atoms with Gasteiger partial charge in [-0.2, -0.15) is 5.26 Å². The van der Waals surface area contributed by atoms with Gasteiger partial charge in [-0.25, -0.2) is 0 Å². The molecule has 3 heteroatoms. The third-order valence-electron chi connectivity index (χ3n) is 4.17. The fraction of sp³-hybridized carbons (Fsp3) is 0.933. The van der Waals surface area contributed by atoms with Gasteiger partial charge < -0.3 is 10.6 Å². The molecule has 0 aliphatic heterocycles. The predicted molar refractivity (Wildman–Crippen MR) is 76.0 cm³/mol. The Labute approximate surface area is 112 Å². The third kappa shape index (κ3) is 3.96. The topological polar surface area (TPSA) is 53.0 Å². The summed E-state index contributed by atoms with van der Waals surface area (Å²) in [5, 5.41) is 9.23. The molecule has 2 atom stereocenters. The Morgan fingerprint density at radius 1 is 1.39 bits per heavy atom. The van der Waals surface area contributed by atoms with Gasteiger partial charge in [-0.3, -0.25) is 0 Å². The number of nitrogens with two attached hydrogens (primary N) is 1. The predicted octanol–water partition coefficient (Wildman–Crippen LogP) is 2.76. The SMILES string of the molecule is CC(C)CN(CCC1CCCC1(N)C#N)C(C)C. The number of nitrogens with zero attached hydrogens (tertiary/aromatic N) is 2. The highest BCUT2D eigenvalue weighted by atomic mass is 15.1. The van der Waals surface area contributed by atoms with E-state index in [0.717, 1.165) is 38.8 Å². The highest BCUT2D eigenvalue weighted by Crippen LogP contribution is 2.35. The quantitative estimate of drug-likeness (QED) is 0.789. The van der Waals surface area contributed by atoms with Crippen molar-refractivity contribution in [3.63, 3.8) is 0 Å². The Morgan fingerprint density at radius 3 is 2.56 bits per heavy atom. The second kappa shape index (κ2) is 6.54. The third-order valence-corrected chi connectivity index (χ3v) is 4.17. The molecular formula is C15H29N3. The van der Waals surface area contributed by atoms with Crippen LogP contribution in [-0.4, -0.2) is 29.6 Å². The molecule has 2 unspecified atom stereocenters. The van der Waals surface area contributed by atoms with Crippen LogP contribution in [0.25, 0.3) is 0 Å². The maximum Gasteiger partial charge on any atom is 0.107 e. The van der Waals surface area contributed by atoms with Crippen LogP contribution in [0.4, 0.5) is 0 Å². The van der Waals surface area contributed by atoms with Crippen LogP contribution in [0, 0.1) is 23.2 Å². The van der Waals surface area contributed by atoms with Gasteiger partial charge in [0.05, 0.1) is 6.07 Å². The first-order valence-electron chi connectivity index (χ1n) is 7.33. The van der Waals surface area contributed by atoms with Crippen LogP contribution in [0.15, 0.2) is 0 Å². The van der Waals surface area contributed by atoms with Crippen LogP contribution in [0.2, 0.25) is 0 Å². The van der Waals surface area contributed by atoms with Crippen molar-refractivity contribution in [2.75, 3.05) is 13.1 Å². The van der Waals surface area contributed by atoms with E-state index in [9.17, 15) is 5.26 Å². The molecule has 0 amide bonds. The molecule has 18 heavy (non-hydrogen) atoms. The molecule has 1 saturated carbocycles. The first-order valence-corrected chi connectivity index (χ1v) is 7.33. The summed E-state index contributed by atoms with van der Waals surface area (Å²) in [4.78, 5) is 2.51. The minimum atomic E-state index is -0.555. The summed E-state index contributed by atoms with van der Waals surface area (Å²) in [5.41, 5.74) is 5.63. The molecule has 0 radical (unpaired) electrons. The van der Waals surface area contributed by atoms with E-state index in [0.29, 0.717) is 17.9 Å². The largest absolute Gasteiger partial charge is 0.313 e. The van der Waals surface area contributed by atoms with E-state index in [1.54, 1.807) is 0 Å². The summed E-state index contributed by atoms with van der Waals surface area (Å²) in [6.07, 6.45) is 4.17. The van der Waals surface area contributed by atoms with Gasteiger partial charge in [-0.05, 0) is 51.5 Å². The van der Waals surface area contributed by atoms with Gasteiger partial charge in [0, 0.05) is 12.6 Å². The average Bonchev–Trinajstić information content (AvgIpc) is 2.66. The van der Waals surface area contributed by atoms with Crippen molar-refractivity contribution in [1.82, 2.24) is 4.90 Å². The van der Waals surface area contributed by atoms with Crippen LogP contribution in [0.3, 0.4) is 0 Å². The zero-order valence-corrected chi connectivity index (χ0v) is 12.4. The Hall–Kier alpha value is -0.590. The highest BCUT2D eigenvalue weighted by Gasteiger charge is 2.39. The molecule has 0 heterocycles. The van der Waals surface area contributed by atoms with Gasteiger partial charge >= 0.3 is 0 Å². The number of rotatable bonds is 6. The summed E-state index contributed by atoms with van der Waals surface area (Å²) in [6, 6.07) is 2.92. The maximum absolute atomic E-state index is 9.23. The maximum atomic E-state index is 9.23. The van der Waals surface area contributed by atoms with Crippen LogP contribution < -0.4 is 5.73 Å². The van der Waals surface area contributed by atoms with Crippen molar-refractivity contribution >= 4 is 0 Å². The lowest BCUT2D eigenvalue weighted by atomic mass is 9.87. The van der Waals surface area contributed by atoms with E-state index in [4.69, 9.17) is 5.73 Å². The molecule has 0 bridgehead atoms. The zero-order valence-electron chi connectivity index (χ0n) is 12.4. The molecule has 0 spiro atoms. The molecule has 1 fully saturated rings. The van der Waals surface area contributed by atoms with Gasteiger partial charge in [-0.15, -0.1) is 0 Å². The van der Waals surface area contributed by atoms with E-state index in [1.165, 1.54) is 0 Å². The molecule has 1 rings (SSSR count). The normalized spacial score (nSPS) is 28.3. The number of hydrogen-bond donors (Lipinski definition) is 1. The van der Waals surface area contributed by atoms with Crippen LogP contribution in [-0.2, 0) is 0 Å². The summed E-state index contributed by atoms with van der Waals surface area (Å²) in [6.45, 7) is 11.2. The standard InChI is InChI=1S/C15H29N3/c1-12(2)10-18(13(3)4)9-7-14-6-5-8-15(14,17)11-16/h12-14H,5-10,17H2,1-4H3. The summed E-state index contributed by atoms with van der Waals surface area (Å²) >= 11 is 0. The average molecular weight is 251 g/mol. The zero-order chi connectivity index (χ0) is 13.8. The lowest BCUT2D eigenvalue weighted by Crippen LogP contribution is -2.44. The van der Waals surface area contributed by atoms with Gasteiger partial charge in [0.25, 0.3) is 0 Å². The molecule has 1 aliphatic rings. The van der Waals surface area contributed by atoms with E-state index >= 15 is 0 Å². The minimum Gasteiger partial charge on any atom is -0.313 e. The molecule has 0 aromatic heterocycles. The molecule has 0 aromatic rings. The monoisotopic (exact) mass is 251 g/mol. The highest BCUT2D eigenvalue weighted by molar-refractivity contribution is 5.11. The van der Waals surface area contributed by atoms with Gasteiger partial charge in [0.1, 0.15) is 5.54 Å². The van der Waals surface area contributed by atoms with Crippen molar-refractivity contribution < 1.29 is 0 Å². The van der Waals surface area contributed by atoms with Crippen LogP contribution in [0.1, 0.15) is 53.4 Å². The van der Waals surface area contributed by atoms with E-state index in [-0.39, 0.29) is 0 Å². The van der Waals surface area contributed by atoms with Crippen molar-refractivity contribution in [3.8, 4) is 6.07 Å². The van der Waals surface area contributed by atoms with Crippen molar-refractivity contribution in [1.29, 1.82) is 5.26 Å². The van der Waals surface area contributed by atoms with Crippen molar-refractivity contribution in [2.45, 2.75) is 65.0 Å². The fourth-order valence-electron chi connectivity index (χ4n) is 3.00. The van der Waals surface area contributed by atoms with E-state index in [1.807, 2.05) is 0 Å². The van der Waals surface area contributed by atoms with Crippen molar-refractivity contribution in [2.24, 2.45) is 17.6 Å². The molecular weight excluding hydrogens is 222 g/mol. The Bertz CT molecular complexity index is 293.